The third-order valence-electron chi connectivity index (χ3n) is 7.25. The van der Waals surface area contributed by atoms with Crippen molar-refractivity contribution >= 4 is 0 Å². The molecule has 34 heavy (non-hydrogen) atoms. The maximum absolute atomic E-state index is 14.9. The highest BCUT2D eigenvalue weighted by Crippen LogP contribution is 2.42. The zero-order valence-corrected chi connectivity index (χ0v) is 20.7. The van der Waals surface area contributed by atoms with Gasteiger partial charge in [0.05, 0.1) is 11.7 Å². The number of unbranched alkanes of at least 4 members (excludes halogenated alkanes) is 2. The molecule has 1 aliphatic carbocycles. The number of alkyl halides is 2. The van der Waals surface area contributed by atoms with Crippen molar-refractivity contribution in [1.82, 2.24) is 0 Å². The summed E-state index contributed by atoms with van der Waals surface area (Å²) in [5, 5.41) is 0. The van der Waals surface area contributed by atoms with Crippen molar-refractivity contribution in [2.24, 2.45) is 5.92 Å². The smallest absolute Gasteiger partial charge is 0.309 e. The van der Waals surface area contributed by atoms with Crippen molar-refractivity contribution in [3.8, 4) is 0 Å². The fourth-order valence-electron chi connectivity index (χ4n) is 5.16. The molecule has 2 aromatic carbocycles. The number of hydrogen-bond acceptors (Lipinski definition) is 1. The lowest BCUT2D eigenvalue weighted by molar-refractivity contribution is -0.273. The summed E-state index contributed by atoms with van der Waals surface area (Å²) in [6.07, 6.45) is 5.11. The lowest BCUT2D eigenvalue weighted by Crippen LogP contribution is -2.23. The Kier molecular flexibility index (Phi) is 9.58. The minimum Gasteiger partial charge on any atom is -0.309 e. The highest BCUT2D eigenvalue weighted by molar-refractivity contribution is 5.31. The third kappa shape index (κ3) is 6.62. The topological polar surface area (TPSA) is 9.23 Å². The number of benzene rings is 2. The average molecular weight is 479 g/mol. The number of rotatable bonds is 11. The van der Waals surface area contributed by atoms with Crippen molar-refractivity contribution in [1.29, 1.82) is 0 Å². The van der Waals surface area contributed by atoms with E-state index >= 15 is 0 Å². The Morgan fingerprint density at radius 2 is 1.56 bits per heavy atom. The first-order chi connectivity index (χ1) is 16.3. The molecule has 1 fully saturated rings. The second-order valence-corrected chi connectivity index (χ2v) is 9.81. The molecule has 1 atom stereocenters. The molecule has 3 rings (SSSR count). The van der Waals surface area contributed by atoms with Crippen LogP contribution in [0.1, 0.15) is 113 Å². The molecule has 1 saturated carbocycles. The number of ether oxygens (including phenoxy) is 1. The molecule has 0 saturated heterocycles. The first-order valence-corrected chi connectivity index (χ1v) is 12.9. The van der Waals surface area contributed by atoms with Crippen molar-refractivity contribution in [2.75, 3.05) is 0 Å². The Morgan fingerprint density at radius 1 is 0.882 bits per heavy atom. The van der Waals surface area contributed by atoms with Crippen LogP contribution in [0.25, 0.3) is 0 Å². The molecule has 1 aliphatic rings. The quantitative estimate of drug-likeness (QED) is 0.231. The summed E-state index contributed by atoms with van der Waals surface area (Å²) in [5.74, 6) is -2.17. The Balaban J connectivity index is 1.68. The Labute approximate surface area is 201 Å². The number of aryl methyl sites for hydroxylation is 1. The minimum absolute atomic E-state index is 0.124. The second kappa shape index (κ2) is 12.2. The molecular formula is C29H38F4O. The van der Waals surface area contributed by atoms with Gasteiger partial charge >= 0.3 is 6.11 Å². The normalized spacial score (nSPS) is 19.9. The van der Waals surface area contributed by atoms with E-state index in [1.54, 1.807) is 12.1 Å². The Morgan fingerprint density at radius 3 is 2.18 bits per heavy atom. The van der Waals surface area contributed by atoms with Gasteiger partial charge in [0.1, 0.15) is 0 Å². The van der Waals surface area contributed by atoms with Gasteiger partial charge in [-0.1, -0.05) is 69.9 Å². The van der Waals surface area contributed by atoms with Crippen LogP contribution in [0.4, 0.5) is 17.6 Å². The van der Waals surface area contributed by atoms with E-state index in [1.807, 2.05) is 12.1 Å². The Bertz CT molecular complexity index is 901. The van der Waals surface area contributed by atoms with Crippen molar-refractivity contribution in [2.45, 2.75) is 103 Å². The van der Waals surface area contributed by atoms with Crippen molar-refractivity contribution in [3.63, 3.8) is 0 Å². The summed E-state index contributed by atoms with van der Waals surface area (Å²) in [6.45, 7) is 5.78. The molecular weight excluding hydrogens is 440 g/mol. The summed E-state index contributed by atoms with van der Waals surface area (Å²) in [7, 11) is 0. The summed E-state index contributed by atoms with van der Waals surface area (Å²) in [5.41, 5.74) is 0.874. The van der Waals surface area contributed by atoms with Gasteiger partial charge in [-0.25, -0.2) is 8.78 Å². The highest BCUT2D eigenvalue weighted by Gasteiger charge is 2.40. The molecule has 0 spiro atoms. The molecule has 0 aromatic heterocycles. The first kappa shape index (κ1) is 26.7. The summed E-state index contributed by atoms with van der Waals surface area (Å²) in [6, 6.07) is 9.66. The third-order valence-corrected chi connectivity index (χ3v) is 7.25. The van der Waals surface area contributed by atoms with Crippen LogP contribution < -0.4 is 0 Å². The molecule has 5 heteroatoms. The van der Waals surface area contributed by atoms with E-state index in [0.717, 1.165) is 75.8 Å². The lowest BCUT2D eigenvalue weighted by atomic mass is 9.77. The van der Waals surface area contributed by atoms with E-state index in [9.17, 15) is 17.6 Å². The molecule has 0 radical (unpaired) electrons. The maximum Gasteiger partial charge on any atom is 0.386 e. The van der Waals surface area contributed by atoms with E-state index < -0.39 is 29.4 Å². The van der Waals surface area contributed by atoms with Crippen molar-refractivity contribution in [3.05, 3.63) is 70.3 Å². The number of halogens is 4. The fraction of sp³-hybridized carbons (Fsp3) is 0.586. The van der Waals surface area contributed by atoms with Gasteiger partial charge < -0.3 is 4.74 Å². The zero-order valence-electron chi connectivity index (χ0n) is 20.7. The summed E-state index contributed by atoms with van der Waals surface area (Å²) < 4.78 is 64.5. The maximum atomic E-state index is 14.9. The highest BCUT2D eigenvalue weighted by atomic mass is 19.3. The van der Waals surface area contributed by atoms with Crippen LogP contribution in [0.3, 0.4) is 0 Å². The lowest BCUT2D eigenvalue weighted by Gasteiger charge is -2.29. The van der Waals surface area contributed by atoms with Crippen LogP contribution >= 0.6 is 0 Å². The van der Waals surface area contributed by atoms with Gasteiger partial charge in [-0.2, -0.15) is 8.78 Å². The molecule has 1 nitrogen and oxygen atoms in total. The van der Waals surface area contributed by atoms with E-state index in [2.05, 4.69) is 13.8 Å². The van der Waals surface area contributed by atoms with Crippen LogP contribution in [0.5, 0.6) is 0 Å². The first-order valence-electron chi connectivity index (χ1n) is 12.9. The molecule has 0 bridgehead atoms. The molecule has 188 valence electrons. The summed E-state index contributed by atoms with van der Waals surface area (Å²) >= 11 is 0. The molecule has 0 N–H and O–H groups in total. The minimum atomic E-state index is -3.94. The Hall–Kier alpha value is -1.88. The van der Waals surface area contributed by atoms with Crippen LogP contribution in [0.2, 0.25) is 0 Å². The zero-order chi connectivity index (χ0) is 24.7. The van der Waals surface area contributed by atoms with Gasteiger partial charge in [0.2, 0.25) is 0 Å². The monoisotopic (exact) mass is 478 g/mol. The van der Waals surface area contributed by atoms with Crippen LogP contribution in [0.15, 0.2) is 36.4 Å². The van der Waals surface area contributed by atoms with Gasteiger partial charge in [0.25, 0.3) is 0 Å². The van der Waals surface area contributed by atoms with Gasteiger partial charge in [0, 0.05) is 0 Å². The van der Waals surface area contributed by atoms with Gasteiger partial charge in [0.15, 0.2) is 11.6 Å². The molecule has 0 amide bonds. The molecule has 0 aliphatic heterocycles. The van der Waals surface area contributed by atoms with E-state index in [0.29, 0.717) is 11.5 Å². The van der Waals surface area contributed by atoms with Gasteiger partial charge in [-0.05, 0) is 80.0 Å². The molecule has 2 aromatic rings. The molecule has 1 unspecified atom stereocenters. The van der Waals surface area contributed by atoms with Crippen LogP contribution in [-0.2, 0) is 17.3 Å². The van der Waals surface area contributed by atoms with Gasteiger partial charge in [-0.15, -0.1) is 0 Å². The standard InChI is InChI=1S/C29H38F4O/c1-4-6-7-9-22-10-14-23(15-11-22)20(3)34-29(32,33)26-19-18-25(27(30)28(26)31)24-16-12-21(8-5-2)13-17-24/h10-11,14-15,18-21,24H,4-9,12-13,16-17H2,1-3H3. The largest absolute Gasteiger partial charge is 0.386 e. The van der Waals surface area contributed by atoms with Crippen LogP contribution in [-0.4, -0.2) is 0 Å². The summed E-state index contributed by atoms with van der Waals surface area (Å²) in [4.78, 5) is 0. The predicted octanol–water partition coefficient (Wildman–Crippen LogP) is 9.60. The van der Waals surface area contributed by atoms with E-state index in [-0.39, 0.29) is 11.5 Å². The van der Waals surface area contributed by atoms with Gasteiger partial charge in [-0.3, -0.25) is 0 Å². The fourth-order valence-corrected chi connectivity index (χ4v) is 5.16. The average Bonchev–Trinajstić information content (AvgIpc) is 2.82. The predicted molar refractivity (Wildman–Crippen MR) is 129 cm³/mol. The second-order valence-electron chi connectivity index (χ2n) is 9.81. The number of hydrogen-bond donors (Lipinski definition) is 0. The van der Waals surface area contributed by atoms with E-state index in [4.69, 9.17) is 4.74 Å². The van der Waals surface area contributed by atoms with Crippen LogP contribution in [0, 0.1) is 17.6 Å². The van der Waals surface area contributed by atoms with Crippen molar-refractivity contribution < 1.29 is 22.3 Å². The SMILES string of the molecule is CCCCCc1ccc(C(C)OC(F)(F)c2ccc(C3CCC(CCC)CC3)c(F)c2F)cc1. The van der Waals surface area contributed by atoms with E-state index in [1.165, 1.54) is 13.0 Å². The molecule has 0 heterocycles.